The lowest BCUT2D eigenvalue weighted by Crippen LogP contribution is -2.52. The monoisotopic (exact) mass is 170 g/mol. The van der Waals surface area contributed by atoms with Gasteiger partial charge in [0.05, 0.1) is 5.54 Å². The average molecular weight is 170 g/mol. The minimum atomic E-state index is -0.295. The Kier molecular flexibility index (Phi) is 2.73. The zero-order valence-corrected chi connectivity index (χ0v) is 8.18. The van der Waals surface area contributed by atoms with E-state index >= 15 is 0 Å². The summed E-state index contributed by atoms with van der Waals surface area (Å²) >= 11 is 0. The maximum atomic E-state index is 11.6. The van der Waals surface area contributed by atoms with Gasteiger partial charge in [-0.15, -0.1) is 0 Å². The predicted octanol–water partition coefficient (Wildman–Crippen LogP) is 0.607. The van der Waals surface area contributed by atoms with Crippen LogP contribution in [0.3, 0.4) is 0 Å². The Bertz CT molecular complexity index is 181. The van der Waals surface area contributed by atoms with Crippen molar-refractivity contribution in [1.29, 1.82) is 0 Å². The molecule has 0 aliphatic carbocycles. The van der Waals surface area contributed by atoms with Crippen LogP contribution in [0, 0.1) is 0 Å². The van der Waals surface area contributed by atoms with Gasteiger partial charge in [0.1, 0.15) is 0 Å². The topological polar surface area (TPSA) is 32.3 Å². The summed E-state index contributed by atoms with van der Waals surface area (Å²) in [6.45, 7) is 5.89. The highest BCUT2D eigenvalue weighted by atomic mass is 16.2. The maximum absolute atomic E-state index is 11.6. The molecule has 1 rings (SSSR count). The summed E-state index contributed by atoms with van der Waals surface area (Å²) in [5.74, 6) is 0.171. The van der Waals surface area contributed by atoms with Gasteiger partial charge in [-0.3, -0.25) is 9.69 Å². The van der Waals surface area contributed by atoms with Gasteiger partial charge in [0.25, 0.3) is 0 Å². The van der Waals surface area contributed by atoms with Crippen molar-refractivity contribution in [3.8, 4) is 0 Å². The number of hydrogen-bond donors (Lipinski definition) is 1. The zero-order valence-electron chi connectivity index (χ0n) is 8.18. The van der Waals surface area contributed by atoms with E-state index < -0.39 is 0 Å². The third-order valence-corrected chi connectivity index (χ3v) is 2.98. The molecule has 3 heteroatoms. The third kappa shape index (κ3) is 1.46. The summed E-state index contributed by atoms with van der Waals surface area (Å²) in [6, 6.07) is 0. The molecule has 12 heavy (non-hydrogen) atoms. The highest BCUT2D eigenvalue weighted by molar-refractivity contribution is 5.85. The fourth-order valence-corrected chi connectivity index (χ4v) is 1.56. The van der Waals surface area contributed by atoms with Gasteiger partial charge in [-0.1, -0.05) is 6.92 Å². The molecule has 1 saturated heterocycles. The molecular formula is C9H18N2O. The van der Waals surface area contributed by atoms with Gasteiger partial charge < -0.3 is 5.32 Å². The number of amides is 1. The Hall–Kier alpha value is -0.570. The minimum absolute atomic E-state index is 0.171. The zero-order chi connectivity index (χ0) is 9.19. The summed E-state index contributed by atoms with van der Waals surface area (Å²) in [4.78, 5) is 13.8. The lowest BCUT2D eigenvalue weighted by Gasteiger charge is -2.34. The molecule has 3 nitrogen and oxygen atoms in total. The highest BCUT2D eigenvalue weighted by Gasteiger charge is 2.36. The van der Waals surface area contributed by atoms with Crippen molar-refractivity contribution in [2.24, 2.45) is 0 Å². The molecule has 1 unspecified atom stereocenters. The Morgan fingerprint density at radius 3 is 2.92 bits per heavy atom. The molecule has 0 radical (unpaired) electrons. The number of likely N-dealkylation sites (N-methyl/N-ethyl adjacent to an activating group) is 1. The second-order valence-corrected chi connectivity index (χ2v) is 3.66. The van der Waals surface area contributed by atoms with Crippen molar-refractivity contribution in [1.82, 2.24) is 10.2 Å². The van der Waals surface area contributed by atoms with Gasteiger partial charge in [-0.05, 0) is 26.8 Å². The Balaban J connectivity index is 2.81. The van der Waals surface area contributed by atoms with Crippen LogP contribution >= 0.6 is 0 Å². The first-order valence-electron chi connectivity index (χ1n) is 4.61. The van der Waals surface area contributed by atoms with Crippen LogP contribution in [-0.4, -0.2) is 36.5 Å². The molecule has 0 aromatic rings. The number of carbonyl (C=O) groups is 1. The van der Waals surface area contributed by atoms with Crippen molar-refractivity contribution in [2.75, 3.05) is 20.1 Å². The van der Waals surface area contributed by atoms with Crippen LogP contribution in [0.2, 0.25) is 0 Å². The fraction of sp³-hybridized carbons (Fsp3) is 0.889. The largest absolute Gasteiger partial charge is 0.354 e. The van der Waals surface area contributed by atoms with Crippen molar-refractivity contribution in [3.05, 3.63) is 0 Å². The van der Waals surface area contributed by atoms with E-state index in [-0.39, 0.29) is 11.4 Å². The van der Waals surface area contributed by atoms with E-state index in [9.17, 15) is 4.79 Å². The highest BCUT2D eigenvalue weighted by Crippen LogP contribution is 2.19. The number of nitrogens with one attached hydrogen (secondary N) is 1. The van der Waals surface area contributed by atoms with Crippen LogP contribution in [0.5, 0.6) is 0 Å². The van der Waals surface area contributed by atoms with Gasteiger partial charge in [-0.25, -0.2) is 0 Å². The smallest absolute Gasteiger partial charge is 0.240 e. The van der Waals surface area contributed by atoms with E-state index in [4.69, 9.17) is 0 Å². The first-order valence-corrected chi connectivity index (χ1v) is 4.61. The number of hydrogen-bond acceptors (Lipinski definition) is 2. The lowest BCUT2D eigenvalue weighted by atomic mass is 9.96. The standard InChI is InChI=1S/C9H18N2O/c1-4-9(2)8(12)10-6-5-7-11(9)3/h4-7H2,1-3H3,(H,10,12). The molecule has 0 aromatic carbocycles. The molecule has 0 spiro atoms. The molecule has 1 amide bonds. The van der Waals surface area contributed by atoms with Gasteiger partial charge in [-0.2, -0.15) is 0 Å². The van der Waals surface area contributed by atoms with Crippen LogP contribution in [0.15, 0.2) is 0 Å². The first-order chi connectivity index (χ1) is 5.61. The van der Waals surface area contributed by atoms with E-state index in [1.165, 1.54) is 0 Å². The average Bonchev–Trinajstić information content (AvgIpc) is 2.19. The van der Waals surface area contributed by atoms with Crippen molar-refractivity contribution < 1.29 is 4.79 Å². The molecule has 70 valence electrons. The second kappa shape index (κ2) is 3.44. The summed E-state index contributed by atoms with van der Waals surface area (Å²) in [6.07, 6.45) is 1.92. The van der Waals surface area contributed by atoms with Gasteiger partial charge in [0.2, 0.25) is 5.91 Å². The first kappa shape index (κ1) is 9.52. The minimum Gasteiger partial charge on any atom is -0.354 e. The van der Waals surface area contributed by atoms with Gasteiger partial charge >= 0.3 is 0 Å². The summed E-state index contributed by atoms with van der Waals surface area (Å²) in [5.41, 5.74) is -0.295. The van der Waals surface area contributed by atoms with E-state index in [2.05, 4.69) is 17.1 Å². The molecule has 0 aromatic heterocycles. The van der Waals surface area contributed by atoms with Crippen molar-refractivity contribution in [2.45, 2.75) is 32.2 Å². The normalized spacial score (nSPS) is 32.8. The number of carbonyl (C=O) groups excluding carboxylic acids is 1. The molecule has 0 bridgehead atoms. The molecule has 0 saturated carbocycles. The summed E-state index contributed by atoms with van der Waals surface area (Å²) in [5, 5.41) is 2.94. The second-order valence-electron chi connectivity index (χ2n) is 3.66. The quantitative estimate of drug-likeness (QED) is 0.625. The van der Waals surface area contributed by atoms with E-state index in [0.29, 0.717) is 0 Å². The predicted molar refractivity (Wildman–Crippen MR) is 49.0 cm³/mol. The Morgan fingerprint density at radius 2 is 2.33 bits per heavy atom. The van der Waals surface area contributed by atoms with Crippen LogP contribution < -0.4 is 5.32 Å². The van der Waals surface area contributed by atoms with Gasteiger partial charge in [0, 0.05) is 13.1 Å². The summed E-state index contributed by atoms with van der Waals surface area (Å²) in [7, 11) is 2.02. The molecule has 1 aliphatic rings. The summed E-state index contributed by atoms with van der Waals surface area (Å²) < 4.78 is 0. The third-order valence-electron chi connectivity index (χ3n) is 2.98. The lowest BCUT2D eigenvalue weighted by molar-refractivity contribution is -0.130. The van der Waals surface area contributed by atoms with Crippen LogP contribution in [0.4, 0.5) is 0 Å². The van der Waals surface area contributed by atoms with Crippen LogP contribution in [0.25, 0.3) is 0 Å². The Morgan fingerprint density at radius 1 is 1.67 bits per heavy atom. The molecule has 1 fully saturated rings. The van der Waals surface area contributed by atoms with Crippen LogP contribution in [0.1, 0.15) is 26.7 Å². The number of rotatable bonds is 1. The SMILES string of the molecule is CCC1(C)C(=O)NCCCN1C. The molecule has 1 aliphatic heterocycles. The van der Waals surface area contributed by atoms with Crippen molar-refractivity contribution >= 4 is 5.91 Å². The van der Waals surface area contributed by atoms with E-state index in [0.717, 1.165) is 25.9 Å². The fourth-order valence-electron chi connectivity index (χ4n) is 1.56. The number of nitrogens with zero attached hydrogens (tertiary/aromatic N) is 1. The van der Waals surface area contributed by atoms with E-state index in [1.54, 1.807) is 0 Å². The van der Waals surface area contributed by atoms with Crippen LogP contribution in [-0.2, 0) is 4.79 Å². The molecule has 1 heterocycles. The van der Waals surface area contributed by atoms with Gasteiger partial charge in [0.15, 0.2) is 0 Å². The van der Waals surface area contributed by atoms with E-state index in [1.807, 2.05) is 14.0 Å². The van der Waals surface area contributed by atoms with Crippen molar-refractivity contribution in [3.63, 3.8) is 0 Å². The maximum Gasteiger partial charge on any atom is 0.240 e. The Labute approximate surface area is 74.1 Å². The molecular weight excluding hydrogens is 152 g/mol. The molecule has 1 atom stereocenters. The molecule has 1 N–H and O–H groups in total.